The molecule has 1 aliphatic rings. The molecule has 0 N–H and O–H groups in total. The molecule has 2 aromatic rings. The number of rotatable bonds is 5. The second-order valence-corrected chi connectivity index (χ2v) is 5.14. The molecule has 0 aliphatic carbocycles. The lowest BCUT2D eigenvalue weighted by Gasteiger charge is -2.09. The summed E-state index contributed by atoms with van der Waals surface area (Å²) in [6.45, 7) is 8.24. The van der Waals surface area contributed by atoms with Crippen molar-refractivity contribution < 1.29 is 0 Å². The fraction of sp³-hybridized carbons (Fsp3) is 0.167. The number of allylic oxidation sites excluding steroid dienone is 2. The summed E-state index contributed by atoms with van der Waals surface area (Å²) in [5, 5.41) is 0. The number of benzene rings is 1. The van der Waals surface area contributed by atoms with Crippen molar-refractivity contribution in [3.05, 3.63) is 66.8 Å². The normalized spacial score (nSPS) is 12.2. The van der Waals surface area contributed by atoms with Crippen LogP contribution in [0.15, 0.2) is 54.8 Å². The summed E-state index contributed by atoms with van der Waals surface area (Å²) in [5.41, 5.74) is 5.54. The van der Waals surface area contributed by atoms with E-state index in [0.717, 1.165) is 41.7 Å². The van der Waals surface area contributed by atoms with Crippen LogP contribution in [-0.4, -0.2) is 16.2 Å². The monoisotopic (exact) mass is 275 g/mol. The molecule has 104 valence electrons. The van der Waals surface area contributed by atoms with E-state index in [1.165, 1.54) is 5.56 Å². The van der Waals surface area contributed by atoms with E-state index in [0.29, 0.717) is 5.82 Å². The third kappa shape index (κ3) is 2.97. The number of aromatic nitrogens is 2. The van der Waals surface area contributed by atoms with Gasteiger partial charge in [-0.2, -0.15) is 0 Å². The lowest BCUT2D eigenvalue weighted by molar-refractivity contribution is 1.03. The van der Waals surface area contributed by atoms with Gasteiger partial charge in [-0.15, -0.1) is 0 Å². The van der Waals surface area contributed by atoms with Gasteiger partial charge in [0, 0.05) is 25.0 Å². The van der Waals surface area contributed by atoms with Crippen LogP contribution >= 0.6 is 0 Å². The van der Waals surface area contributed by atoms with Gasteiger partial charge in [0.25, 0.3) is 0 Å². The van der Waals surface area contributed by atoms with Crippen molar-refractivity contribution in [3.63, 3.8) is 0 Å². The molecule has 1 aromatic heterocycles. The van der Waals surface area contributed by atoms with E-state index in [1.54, 1.807) is 18.5 Å². The Morgan fingerprint density at radius 1 is 1.05 bits per heavy atom. The van der Waals surface area contributed by atoms with Gasteiger partial charge in [-0.05, 0) is 47.2 Å². The van der Waals surface area contributed by atoms with Crippen LogP contribution in [-0.2, 0) is 6.42 Å². The van der Waals surface area contributed by atoms with Crippen LogP contribution in [0.1, 0.15) is 29.8 Å². The second-order valence-electron chi connectivity index (χ2n) is 5.14. The third-order valence-corrected chi connectivity index (χ3v) is 3.65. The van der Waals surface area contributed by atoms with Crippen LogP contribution in [0, 0.1) is 0 Å². The first-order valence-corrected chi connectivity index (χ1v) is 7.03. The second kappa shape index (κ2) is 5.83. The third-order valence-electron chi connectivity index (χ3n) is 3.65. The predicted molar refractivity (Wildman–Crippen MR) is 87.6 cm³/mol. The number of aliphatic imine (C=N–C) groups is 1. The smallest absolute Gasteiger partial charge is 0.154 e. The zero-order chi connectivity index (χ0) is 14.7. The molecule has 0 saturated carbocycles. The molecule has 3 rings (SSSR count). The lowest BCUT2D eigenvalue weighted by Crippen LogP contribution is -1.93. The van der Waals surface area contributed by atoms with Crippen LogP contribution < -0.4 is 0 Å². The minimum absolute atomic E-state index is 0.712. The topological polar surface area (TPSA) is 38.1 Å². The minimum atomic E-state index is 0.712. The largest absolute Gasteiger partial charge is 0.261 e. The molecule has 0 amide bonds. The van der Waals surface area contributed by atoms with Gasteiger partial charge in [0.2, 0.25) is 0 Å². The number of hydrogen-bond donors (Lipinski definition) is 0. The lowest BCUT2D eigenvalue weighted by atomic mass is 9.98. The maximum atomic E-state index is 4.38. The average Bonchev–Trinajstić information content (AvgIpc) is 3.00. The Balaban J connectivity index is 1.64. The highest BCUT2D eigenvalue weighted by Gasteiger charge is 2.09. The Hall–Kier alpha value is -2.55. The molecule has 1 aliphatic heterocycles. The van der Waals surface area contributed by atoms with E-state index in [1.807, 2.05) is 6.21 Å². The molecular weight excluding hydrogens is 258 g/mol. The van der Waals surface area contributed by atoms with E-state index >= 15 is 0 Å². The predicted octanol–water partition coefficient (Wildman–Crippen LogP) is 4.24. The Bertz CT molecular complexity index is 714. The van der Waals surface area contributed by atoms with E-state index in [-0.39, 0.29) is 0 Å². The fourth-order valence-corrected chi connectivity index (χ4v) is 2.36. The first kappa shape index (κ1) is 13.4. The summed E-state index contributed by atoms with van der Waals surface area (Å²) >= 11 is 0. The Labute approximate surface area is 124 Å². The van der Waals surface area contributed by atoms with E-state index < -0.39 is 0 Å². The standard InChI is InChI=1S/C18H17N3/c1-13(4-5-14(2)18-20-9-3-10-21-18)16-7-6-15-8-11-19-17(15)12-16/h3,6-7,9-12H,1-2,4-5,8H2. The van der Waals surface area contributed by atoms with Crippen molar-refractivity contribution in [2.24, 2.45) is 4.99 Å². The van der Waals surface area contributed by atoms with Crippen molar-refractivity contribution in [3.8, 4) is 0 Å². The highest BCUT2D eigenvalue weighted by Crippen LogP contribution is 2.30. The highest BCUT2D eigenvalue weighted by molar-refractivity contribution is 5.78. The molecule has 0 spiro atoms. The summed E-state index contributed by atoms with van der Waals surface area (Å²) < 4.78 is 0. The first-order valence-electron chi connectivity index (χ1n) is 7.03. The van der Waals surface area contributed by atoms with Gasteiger partial charge in [-0.3, -0.25) is 4.99 Å². The Morgan fingerprint density at radius 2 is 1.81 bits per heavy atom. The molecule has 2 heterocycles. The maximum absolute atomic E-state index is 4.38. The average molecular weight is 275 g/mol. The van der Waals surface area contributed by atoms with Gasteiger partial charge in [0.05, 0.1) is 5.69 Å². The van der Waals surface area contributed by atoms with Gasteiger partial charge >= 0.3 is 0 Å². The van der Waals surface area contributed by atoms with Crippen molar-refractivity contribution in [1.82, 2.24) is 9.97 Å². The molecule has 0 unspecified atom stereocenters. The maximum Gasteiger partial charge on any atom is 0.154 e. The minimum Gasteiger partial charge on any atom is -0.261 e. The summed E-state index contributed by atoms with van der Waals surface area (Å²) in [5.74, 6) is 0.712. The van der Waals surface area contributed by atoms with Gasteiger partial charge in [-0.25, -0.2) is 9.97 Å². The van der Waals surface area contributed by atoms with Gasteiger partial charge < -0.3 is 0 Å². The van der Waals surface area contributed by atoms with Gasteiger partial charge in [0.15, 0.2) is 5.82 Å². The number of fused-ring (bicyclic) bond motifs is 1. The molecular formula is C18H17N3. The molecule has 0 saturated heterocycles. The van der Waals surface area contributed by atoms with Gasteiger partial charge in [-0.1, -0.05) is 25.3 Å². The number of nitrogens with zero attached hydrogens (tertiary/aromatic N) is 3. The summed E-state index contributed by atoms with van der Waals surface area (Å²) in [4.78, 5) is 12.8. The van der Waals surface area contributed by atoms with Crippen molar-refractivity contribution in [1.29, 1.82) is 0 Å². The molecule has 0 fully saturated rings. The van der Waals surface area contributed by atoms with Crippen LogP contribution in [0.2, 0.25) is 0 Å². The van der Waals surface area contributed by atoms with Crippen molar-refractivity contribution in [2.45, 2.75) is 19.3 Å². The molecule has 3 nitrogen and oxygen atoms in total. The molecule has 21 heavy (non-hydrogen) atoms. The summed E-state index contributed by atoms with van der Waals surface area (Å²) in [6.07, 6.45) is 8.01. The van der Waals surface area contributed by atoms with Crippen LogP contribution in [0.25, 0.3) is 11.1 Å². The number of hydrogen-bond acceptors (Lipinski definition) is 3. The summed E-state index contributed by atoms with van der Waals surface area (Å²) in [6, 6.07) is 8.18. The van der Waals surface area contributed by atoms with Crippen LogP contribution in [0.4, 0.5) is 5.69 Å². The fourth-order valence-electron chi connectivity index (χ4n) is 2.36. The Kier molecular flexibility index (Phi) is 3.73. The van der Waals surface area contributed by atoms with E-state index in [2.05, 4.69) is 46.3 Å². The molecule has 1 aromatic carbocycles. The van der Waals surface area contributed by atoms with E-state index in [9.17, 15) is 0 Å². The highest BCUT2D eigenvalue weighted by atomic mass is 14.9. The van der Waals surface area contributed by atoms with Crippen molar-refractivity contribution >= 4 is 23.0 Å². The SMILES string of the molecule is C=C(CCC(=C)c1ncccn1)c1ccc2c(c1)N=CC2. The van der Waals surface area contributed by atoms with Crippen LogP contribution in [0.3, 0.4) is 0 Å². The zero-order valence-corrected chi connectivity index (χ0v) is 11.9. The molecule has 0 bridgehead atoms. The molecule has 3 heteroatoms. The molecule has 0 radical (unpaired) electrons. The van der Waals surface area contributed by atoms with E-state index in [4.69, 9.17) is 0 Å². The Morgan fingerprint density at radius 3 is 2.62 bits per heavy atom. The van der Waals surface area contributed by atoms with Gasteiger partial charge in [0.1, 0.15) is 0 Å². The van der Waals surface area contributed by atoms with Crippen molar-refractivity contribution in [2.75, 3.05) is 0 Å². The molecule has 0 atom stereocenters. The summed E-state index contributed by atoms with van der Waals surface area (Å²) in [7, 11) is 0. The van der Waals surface area contributed by atoms with Crippen LogP contribution in [0.5, 0.6) is 0 Å². The zero-order valence-electron chi connectivity index (χ0n) is 11.9. The first-order chi connectivity index (χ1) is 10.2. The quantitative estimate of drug-likeness (QED) is 0.818.